The second kappa shape index (κ2) is 5.15. The highest BCUT2D eigenvalue weighted by atomic mass is 79.9. The number of hydrogen-bond donors (Lipinski definition) is 1. The summed E-state index contributed by atoms with van der Waals surface area (Å²) in [6.45, 7) is 1.36. The van der Waals surface area contributed by atoms with Crippen LogP contribution in [0.4, 0.5) is 0 Å². The van der Waals surface area contributed by atoms with Crippen LogP contribution in [0.2, 0.25) is 0 Å². The molecule has 0 amide bonds. The maximum atomic E-state index is 5.66. The third-order valence-corrected chi connectivity index (χ3v) is 3.66. The first kappa shape index (κ1) is 12.4. The second-order valence-electron chi connectivity index (χ2n) is 4.51. The molecule has 0 saturated carbocycles. The molecule has 2 aromatic heterocycles. The average Bonchev–Trinajstić information content (AvgIpc) is 2.83. The van der Waals surface area contributed by atoms with E-state index in [1.165, 1.54) is 10.9 Å². The lowest BCUT2D eigenvalue weighted by Crippen LogP contribution is -2.00. The first-order chi connectivity index (χ1) is 9.26. The van der Waals surface area contributed by atoms with Gasteiger partial charge in [-0.15, -0.1) is 0 Å². The molecule has 0 atom stereocenters. The second-order valence-corrected chi connectivity index (χ2v) is 5.42. The van der Waals surface area contributed by atoms with E-state index in [9.17, 15) is 0 Å². The molecule has 0 radical (unpaired) electrons. The molecule has 3 nitrogen and oxygen atoms in total. The minimum Gasteiger partial charge on any atom is -0.341 e. The maximum absolute atomic E-state index is 5.66. The number of pyridine rings is 1. The maximum Gasteiger partial charge on any atom is 0.0648 e. The van der Waals surface area contributed by atoms with Crippen LogP contribution in [0.5, 0.6) is 0 Å². The summed E-state index contributed by atoms with van der Waals surface area (Å²) in [6.07, 6.45) is 3.92. The van der Waals surface area contributed by atoms with Gasteiger partial charge in [0.25, 0.3) is 0 Å². The van der Waals surface area contributed by atoms with E-state index in [-0.39, 0.29) is 0 Å². The predicted molar refractivity (Wildman–Crippen MR) is 80.9 cm³/mol. The quantitative estimate of drug-likeness (QED) is 0.806. The summed E-state index contributed by atoms with van der Waals surface area (Å²) >= 11 is 3.40. The molecule has 0 saturated heterocycles. The van der Waals surface area contributed by atoms with Crippen molar-refractivity contribution in [3.05, 3.63) is 64.5 Å². The summed E-state index contributed by atoms with van der Waals surface area (Å²) in [5.41, 5.74) is 9.08. The zero-order valence-electron chi connectivity index (χ0n) is 10.4. The summed E-state index contributed by atoms with van der Waals surface area (Å²) in [5.74, 6) is 0. The molecule has 2 N–H and O–H groups in total. The van der Waals surface area contributed by atoms with E-state index in [2.05, 4.69) is 55.9 Å². The third kappa shape index (κ3) is 2.55. The van der Waals surface area contributed by atoms with Crippen LogP contribution < -0.4 is 5.73 Å². The number of benzene rings is 1. The van der Waals surface area contributed by atoms with E-state index in [4.69, 9.17) is 5.73 Å². The Balaban J connectivity index is 1.95. The van der Waals surface area contributed by atoms with Gasteiger partial charge in [-0.3, -0.25) is 4.98 Å². The van der Waals surface area contributed by atoms with Gasteiger partial charge < -0.3 is 10.3 Å². The van der Waals surface area contributed by atoms with Crippen molar-refractivity contribution in [1.82, 2.24) is 9.55 Å². The van der Waals surface area contributed by atoms with Crippen molar-refractivity contribution in [2.75, 3.05) is 0 Å². The highest BCUT2D eigenvalue weighted by molar-refractivity contribution is 9.10. The molecular formula is C15H14BrN3. The zero-order valence-corrected chi connectivity index (χ0v) is 12.0. The standard InChI is InChI=1S/C15H14BrN3/c16-13-2-3-14(18-9-13)10-19-6-5-12-7-11(8-17)1-4-15(12)19/h1-7,9H,8,10,17H2. The number of fused-ring (bicyclic) bond motifs is 1. The number of rotatable bonds is 3. The molecule has 3 rings (SSSR count). The summed E-state index contributed by atoms with van der Waals surface area (Å²) in [4.78, 5) is 4.41. The summed E-state index contributed by atoms with van der Waals surface area (Å²) in [7, 11) is 0. The van der Waals surface area contributed by atoms with E-state index in [1.807, 2.05) is 18.3 Å². The summed E-state index contributed by atoms with van der Waals surface area (Å²) in [6, 6.07) is 12.5. The molecule has 96 valence electrons. The molecular weight excluding hydrogens is 302 g/mol. The number of aromatic nitrogens is 2. The lowest BCUT2D eigenvalue weighted by Gasteiger charge is -2.06. The Bertz CT molecular complexity index is 701. The number of halogens is 1. The van der Waals surface area contributed by atoms with E-state index in [0.717, 1.165) is 22.3 Å². The van der Waals surface area contributed by atoms with Gasteiger partial charge >= 0.3 is 0 Å². The molecule has 19 heavy (non-hydrogen) atoms. The van der Waals surface area contributed by atoms with Gasteiger partial charge in [0.2, 0.25) is 0 Å². The smallest absolute Gasteiger partial charge is 0.0648 e. The largest absolute Gasteiger partial charge is 0.341 e. The van der Waals surface area contributed by atoms with Gasteiger partial charge in [0, 0.05) is 28.9 Å². The molecule has 0 aliphatic heterocycles. The minimum atomic E-state index is 0.579. The molecule has 0 aliphatic carbocycles. The molecule has 2 heterocycles. The fourth-order valence-corrected chi connectivity index (χ4v) is 2.42. The van der Waals surface area contributed by atoms with Gasteiger partial charge in [0.05, 0.1) is 12.2 Å². The Morgan fingerprint density at radius 2 is 2.05 bits per heavy atom. The van der Waals surface area contributed by atoms with Crippen LogP contribution in [-0.2, 0) is 13.1 Å². The molecule has 0 spiro atoms. The fraction of sp³-hybridized carbons (Fsp3) is 0.133. The van der Waals surface area contributed by atoms with Crippen LogP contribution in [0.3, 0.4) is 0 Å². The van der Waals surface area contributed by atoms with Crippen molar-refractivity contribution in [3.8, 4) is 0 Å². The highest BCUT2D eigenvalue weighted by Crippen LogP contribution is 2.19. The molecule has 0 aliphatic rings. The van der Waals surface area contributed by atoms with Gasteiger partial charge in [0.1, 0.15) is 0 Å². The highest BCUT2D eigenvalue weighted by Gasteiger charge is 2.03. The van der Waals surface area contributed by atoms with Gasteiger partial charge in [0.15, 0.2) is 0 Å². The Morgan fingerprint density at radius 1 is 1.16 bits per heavy atom. The van der Waals surface area contributed by atoms with Crippen LogP contribution in [0, 0.1) is 0 Å². The van der Waals surface area contributed by atoms with Crippen molar-refractivity contribution in [3.63, 3.8) is 0 Å². The summed E-state index contributed by atoms with van der Waals surface area (Å²) in [5, 5.41) is 1.22. The van der Waals surface area contributed by atoms with Gasteiger partial charge in [-0.05, 0) is 57.2 Å². The van der Waals surface area contributed by atoms with E-state index >= 15 is 0 Å². The summed E-state index contributed by atoms with van der Waals surface area (Å²) < 4.78 is 3.20. The van der Waals surface area contributed by atoms with Crippen molar-refractivity contribution in [2.45, 2.75) is 13.1 Å². The Morgan fingerprint density at radius 3 is 2.79 bits per heavy atom. The van der Waals surface area contributed by atoms with Gasteiger partial charge in [-0.25, -0.2) is 0 Å². The van der Waals surface area contributed by atoms with Crippen molar-refractivity contribution in [1.29, 1.82) is 0 Å². The first-order valence-electron chi connectivity index (χ1n) is 6.14. The van der Waals surface area contributed by atoms with Crippen LogP contribution in [0.15, 0.2) is 53.3 Å². The van der Waals surface area contributed by atoms with E-state index in [0.29, 0.717) is 6.54 Å². The molecule has 0 bridgehead atoms. The molecule has 0 unspecified atom stereocenters. The number of nitrogens with two attached hydrogens (primary N) is 1. The van der Waals surface area contributed by atoms with Crippen LogP contribution in [-0.4, -0.2) is 9.55 Å². The third-order valence-electron chi connectivity index (χ3n) is 3.19. The predicted octanol–water partition coefficient (Wildman–Crippen LogP) is 3.31. The molecule has 3 aromatic rings. The van der Waals surface area contributed by atoms with Crippen LogP contribution >= 0.6 is 15.9 Å². The van der Waals surface area contributed by atoms with Gasteiger partial charge in [-0.2, -0.15) is 0 Å². The van der Waals surface area contributed by atoms with Crippen LogP contribution in [0.25, 0.3) is 10.9 Å². The Hall–Kier alpha value is -1.65. The van der Waals surface area contributed by atoms with E-state index in [1.54, 1.807) is 0 Å². The van der Waals surface area contributed by atoms with Crippen molar-refractivity contribution < 1.29 is 0 Å². The minimum absolute atomic E-state index is 0.579. The lowest BCUT2D eigenvalue weighted by atomic mass is 10.1. The SMILES string of the molecule is NCc1ccc2c(ccn2Cc2ccc(Br)cn2)c1. The monoisotopic (exact) mass is 315 g/mol. The Kier molecular flexibility index (Phi) is 3.36. The van der Waals surface area contributed by atoms with E-state index < -0.39 is 0 Å². The number of nitrogens with zero attached hydrogens (tertiary/aromatic N) is 2. The first-order valence-corrected chi connectivity index (χ1v) is 6.94. The normalized spacial score (nSPS) is 11.1. The lowest BCUT2D eigenvalue weighted by molar-refractivity contribution is 0.806. The molecule has 0 fully saturated rings. The average molecular weight is 316 g/mol. The molecule has 4 heteroatoms. The topological polar surface area (TPSA) is 43.8 Å². The Labute approximate surface area is 120 Å². The number of hydrogen-bond acceptors (Lipinski definition) is 2. The fourth-order valence-electron chi connectivity index (χ4n) is 2.19. The molecule has 1 aromatic carbocycles. The van der Waals surface area contributed by atoms with Gasteiger partial charge in [-0.1, -0.05) is 6.07 Å². The van der Waals surface area contributed by atoms with Crippen molar-refractivity contribution in [2.24, 2.45) is 5.73 Å². The van der Waals surface area contributed by atoms with Crippen molar-refractivity contribution >= 4 is 26.8 Å². The van der Waals surface area contributed by atoms with Crippen LogP contribution in [0.1, 0.15) is 11.3 Å². The zero-order chi connectivity index (χ0) is 13.2.